The van der Waals surface area contributed by atoms with Crippen LogP contribution in [-0.4, -0.2) is 52.7 Å². The lowest BCUT2D eigenvalue weighted by Gasteiger charge is -2.37. The summed E-state index contributed by atoms with van der Waals surface area (Å²) in [4.78, 5) is 24.1. The second kappa shape index (κ2) is 6.15. The van der Waals surface area contributed by atoms with Gasteiger partial charge in [-0.3, -0.25) is 14.9 Å². The van der Waals surface area contributed by atoms with Gasteiger partial charge in [0, 0.05) is 12.6 Å². The molecule has 1 aliphatic rings. The van der Waals surface area contributed by atoms with E-state index >= 15 is 0 Å². The molecule has 2 unspecified atom stereocenters. The number of nitro benzene ring substituents is 1. The first-order valence-corrected chi connectivity index (χ1v) is 6.41. The molecule has 1 aliphatic heterocycles. The number of rotatable bonds is 3. The number of nitrogens with zero attached hydrogens (tertiary/aromatic N) is 2. The van der Waals surface area contributed by atoms with E-state index in [0.29, 0.717) is 0 Å². The molecular weight excluding hydrogens is 283 g/mol. The van der Waals surface area contributed by atoms with Gasteiger partial charge in [-0.2, -0.15) is 0 Å². The number of halogens is 1. The van der Waals surface area contributed by atoms with Gasteiger partial charge in [0.25, 0.3) is 11.6 Å². The maximum absolute atomic E-state index is 13.3. The van der Waals surface area contributed by atoms with Crippen LogP contribution in [0.4, 0.5) is 10.1 Å². The Labute approximate surface area is 120 Å². The highest BCUT2D eigenvalue weighted by atomic mass is 19.1. The van der Waals surface area contributed by atoms with Crippen LogP contribution < -0.4 is 0 Å². The Morgan fingerprint density at radius 1 is 1.62 bits per heavy atom. The Balaban J connectivity index is 2.34. The number of carbonyl (C=O) groups is 1. The number of amides is 1. The molecule has 114 valence electrons. The van der Waals surface area contributed by atoms with Gasteiger partial charge in [-0.05, 0) is 19.1 Å². The highest BCUT2D eigenvalue weighted by Gasteiger charge is 2.33. The molecule has 0 aromatic heterocycles. The molecule has 1 heterocycles. The zero-order valence-corrected chi connectivity index (χ0v) is 11.4. The summed E-state index contributed by atoms with van der Waals surface area (Å²) in [5, 5.41) is 20.1. The summed E-state index contributed by atoms with van der Waals surface area (Å²) in [6.45, 7) is 1.77. The van der Waals surface area contributed by atoms with Crippen LogP contribution >= 0.6 is 0 Å². The van der Waals surface area contributed by atoms with Gasteiger partial charge in [0.15, 0.2) is 0 Å². The molecule has 1 aromatic carbocycles. The maximum Gasteiger partial charge on any atom is 0.282 e. The molecular formula is C13H15FN2O5. The molecule has 8 heteroatoms. The largest absolute Gasteiger partial charge is 0.394 e. The van der Waals surface area contributed by atoms with Crippen LogP contribution in [-0.2, 0) is 4.74 Å². The Morgan fingerprint density at radius 3 is 2.95 bits per heavy atom. The van der Waals surface area contributed by atoms with Crippen LogP contribution in [0.3, 0.4) is 0 Å². The van der Waals surface area contributed by atoms with E-state index in [4.69, 9.17) is 9.84 Å². The first-order valence-electron chi connectivity index (χ1n) is 6.41. The van der Waals surface area contributed by atoms with E-state index in [1.54, 1.807) is 6.92 Å². The lowest BCUT2D eigenvalue weighted by Crippen LogP contribution is -2.52. The number of hydrogen-bond donors (Lipinski definition) is 1. The minimum Gasteiger partial charge on any atom is -0.394 e. The van der Waals surface area contributed by atoms with Crippen molar-refractivity contribution in [3.05, 3.63) is 39.7 Å². The van der Waals surface area contributed by atoms with Crippen molar-refractivity contribution >= 4 is 11.6 Å². The molecule has 0 radical (unpaired) electrons. The van der Waals surface area contributed by atoms with Gasteiger partial charge in [-0.25, -0.2) is 4.39 Å². The van der Waals surface area contributed by atoms with E-state index in [9.17, 15) is 19.3 Å². The summed E-state index contributed by atoms with van der Waals surface area (Å²) in [5.74, 6) is -1.36. The quantitative estimate of drug-likeness (QED) is 0.662. The van der Waals surface area contributed by atoms with E-state index in [0.717, 1.165) is 18.2 Å². The standard InChI is InChI=1S/C13H15FN2O5/c1-8-7-21-10(6-17)5-15(8)13(18)11-4-9(14)2-3-12(11)16(19)20/h2-4,8,10,17H,5-7H2,1H3. The molecule has 2 rings (SSSR count). The molecule has 1 saturated heterocycles. The molecule has 0 bridgehead atoms. The SMILES string of the molecule is CC1COC(CO)CN1C(=O)c1cc(F)ccc1[N+](=O)[O-]. The molecule has 1 N–H and O–H groups in total. The van der Waals surface area contributed by atoms with E-state index in [1.807, 2.05) is 0 Å². The summed E-state index contributed by atoms with van der Waals surface area (Å²) in [5.41, 5.74) is -0.744. The molecule has 7 nitrogen and oxygen atoms in total. The van der Waals surface area contributed by atoms with Crippen molar-refractivity contribution in [2.24, 2.45) is 0 Å². The van der Waals surface area contributed by atoms with Crippen LogP contribution in [0.5, 0.6) is 0 Å². The number of ether oxygens (including phenoxy) is 1. The lowest BCUT2D eigenvalue weighted by atomic mass is 10.1. The average Bonchev–Trinajstić information content (AvgIpc) is 2.46. The van der Waals surface area contributed by atoms with Crippen molar-refractivity contribution in [3.63, 3.8) is 0 Å². The molecule has 2 atom stereocenters. The van der Waals surface area contributed by atoms with Gasteiger partial charge in [0.05, 0.1) is 30.3 Å². The van der Waals surface area contributed by atoms with Crippen molar-refractivity contribution < 1.29 is 24.0 Å². The highest BCUT2D eigenvalue weighted by Crippen LogP contribution is 2.23. The summed E-state index contributed by atoms with van der Waals surface area (Å²) < 4.78 is 18.6. The number of hydrogen-bond acceptors (Lipinski definition) is 5. The molecule has 0 aliphatic carbocycles. The number of carbonyl (C=O) groups excluding carboxylic acids is 1. The summed E-state index contributed by atoms with van der Waals surface area (Å²) in [6, 6.07) is 2.45. The fraction of sp³-hybridized carbons (Fsp3) is 0.462. The fourth-order valence-electron chi connectivity index (χ4n) is 2.20. The van der Waals surface area contributed by atoms with Crippen molar-refractivity contribution in [1.29, 1.82) is 0 Å². The van der Waals surface area contributed by atoms with Gasteiger partial charge in [0.1, 0.15) is 11.4 Å². The molecule has 21 heavy (non-hydrogen) atoms. The Hall–Kier alpha value is -2.06. The third kappa shape index (κ3) is 3.17. The van der Waals surface area contributed by atoms with Crippen LogP contribution in [0.1, 0.15) is 17.3 Å². The van der Waals surface area contributed by atoms with Crippen molar-refractivity contribution in [2.75, 3.05) is 19.8 Å². The second-order valence-corrected chi connectivity index (χ2v) is 4.86. The normalized spacial score (nSPS) is 22.1. The minimum absolute atomic E-state index is 0.101. The zero-order valence-electron chi connectivity index (χ0n) is 11.4. The predicted molar refractivity (Wildman–Crippen MR) is 70.4 cm³/mol. The molecule has 1 aromatic rings. The lowest BCUT2D eigenvalue weighted by molar-refractivity contribution is -0.385. The zero-order chi connectivity index (χ0) is 15.6. The first kappa shape index (κ1) is 15.3. The van der Waals surface area contributed by atoms with Gasteiger partial charge < -0.3 is 14.7 Å². The minimum atomic E-state index is -0.721. The number of aliphatic hydroxyl groups is 1. The molecule has 0 saturated carbocycles. The van der Waals surface area contributed by atoms with Gasteiger partial charge in [-0.1, -0.05) is 0 Å². The summed E-state index contributed by atoms with van der Waals surface area (Å²) >= 11 is 0. The van der Waals surface area contributed by atoms with E-state index in [-0.39, 0.29) is 31.4 Å². The van der Waals surface area contributed by atoms with Crippen LogP contribution in [0.2, 0.25) is 0 Å². The second-order valence-electron chi connectivity index (χ2n) is 4.86. The number of aliphatic hydroxyl groups excluding tert-OH is 1. The van der Waals surface area contributed by atoms with Gasteiger partial charge in [-0.15, -0.1) is 0 Å². The summed E-state index contributed by atoms with van der Waals surface area (Å²) in [7, 11) is 0. The van der Waals surface area contributed by atoms with E-state index in [1.165, 1.54) is 4.90 Å². The summed E-state index contributed by atoms with van der Waals surface area (Å²) in [6.07, 6.45) is -0.544. The number of benzene rings is 1. The average molecular weight is 298 g/mol. The Morgan fingerprint density at radius 2 is 2.33 bits per heavy atom. The molecule has 1 fully saturated rings. The topological polar surface area (TPSA) is 92.9 Å². The van der Waals surface area contributed by atoms with Crippen molar-refractivity contribution in [2.45, 2.75) is 19.1 Å². The third-order valence-electron chi connectivity index (χ3n) is 3.36. The van der Waals surface area contributed by atoms with Crippen LogP contribution in [0, 0.1) is 15.9 Å². The van der Waals surface area contributed by atoms with Gasteiger partial charge >= 0.3 is 0 Å². The fourth-order valence-corrected chi connectivity index (χ4v) is 2.20. The third-order valence-corrected chi connectivity index (χ3v) is 3.36. The number of nitro groups is 1. The molecule has 1 amide bonds. The van der Waals surface area contributed by atoms with Crippen molar-refractivity contribution in [1.82, 2.24) is 4.90 Å². The smallest absolute Gasteiger partial charge is 0.282 e. The van der Waals surface area contributed by atoms with Crippen LogP contribution in [0.25, 0.3) is 0 Å². The van der Waals surface area contributed by atoms with Crippen molar-refractivity contribution in [3.8, 4) is 0 Å². The Kier molecular flexibility index (Phi) is 4.49. The first-order chi connectivity index (χ1) is 9.93. The van der Waals surface area contributed by atoms with Crippen LogP contribution in [0.15, 0.2) is 18.2 Å². The highest BCUT2D eigenvalue weighted by molar-refractivity contribution is 5.98. The van der Waals surface area contributed by atoms with E-state index < -0.39 is 28.4 Å². The Bertz CT molecular complexity index is 565. The number of morpholine rings is 1. The van der Waals surface area contributed by atoms with E-state index in [2.05, 4.69) is 0 Å². The van der Waals surface area contributed by atoms with Gasteiger partial charge in [0.2, 0.25) is 0 Å². The molecule has 0 spiro atoms. The monoisotopic (exact) mass is 298 g/mol. The maximum atomic E-state index is 13.3. The predicted octanol–water partition coefficient (Wildman–Crippen LogP) is 0.956.